The molecule has 0 amide bonds. The zero-order valence-electron chi connectivity index (χ0n) is 11.8. The van der Waals surface area contributed by atoms with Crippen LogP contribution in [0.25, 0.3) is 0 Å². The third-order valence-corrected chi connectivity index (χ3v) is 2.98. The summed E-state index contributed by atoms with van der Waals surface area (Å²) in [6, 6.07) is 5.39. The predicted octanol–water partition coefficient (Wildman–Crippen LogP) is 2.22. The van der Waals surface area contributed by atoms with Gasteiger partial charge in [0.15, 0.2) is 0 Å². The lowest BCUT2D eigenvalue weighted by molar-refractivity contribution is 0.222. The van der Waals surface area contributed by atoms with Gasteiger partial charge in [-0.1, -0.05) is 19.0 Å². The SMILES string of the molecule is CCN(CC)CCOc1cc(OC)ccc1C=NO. The number of rotatable bonds is 8. The average molecular weight is 266 g/mol. The second kappa shape index (κ2) is 8.37. The van der Waals surface area contributed by atoms with Crippen molar-refractivity contribution in [3.63, 3.8) is 0 Å². The molecular formula is C14H22N2O3. The molecule has 1 aromatic rings. The lowest BCUT2D eigenvalue weighted by Gasteiger charge is -2.18. The Morgan fingerprint density at radius 2 is 2.05 bits per heavy atom. The normalized spacial score (nSPS) is 11.2. The zero-order valence-corrected chi connectivity index (χ0v) is 11.8. The first-order valence-corrected chi connectivity index (χ1v) is 6.45. The summed E-state index contributed by atoms with van der Waals surface area (Å²) < 4.78 is 10.9. The summed E-state index contributed by atoms with van der Waals surface area (Å²) in [5.74, 6) is 1.37. The molecule has 5 nitrogen and oxygen atoms in total. The molecule has 1 N–H and O–H groups in total. The van der Waals surface area contributed by atoms with Gasteiger partial charge < -0.3 is 19.6 Å². The Kier molecular flexibility index (Phi) is 6.74. The molecule has 0 saturated heterocycles. The molecule has 0 radical (unpaired) electrons. The smallest absolute Gasteiger partial charge is 0.131 e. The highest BCUT2D eigenvalue weighted by Crippen LogP contribution is 2.23. The van der Waals surface area contributed by atoms with Crippen LogP contribution in [0, 0.1) is 0 Å². The molecule has 0 saturated carbocycles. The van der Waals surface area contributed by atoms with Gasteiger partial charge in [0, 0.05) is 18.2 Å². The zero-order chi connectivity index (χ0) is 14.1. The van der Waals surface area contributed by atoms with Crippen LogP contribution in [0.15, 0.2) is 23.4 Å². The molecule has 0 spiro atoms. The van der Waals surface area contributed by atoms with Crippen molar-refractivity contribution in [3.8, 4) is 11.5 Å². The third-order valence-electron chi connectivity index (χ3n) is 2.98. The minimum absolute atomic E-state index is 0.584. The molecule has 19 heavy (non-hydrogen) atoms. The second-order valence-corrected chi connectivity index (χ2v) is 4.02. The lowest BCUT2D eigenvalue weighted by atomic mass is 10.2. The second-order valence-electron chi connectivity index (χ2n) is 4.02. The van der Waals surface area contributed by atoms with Crippen molar-refractivity contribution < 1.29 is 14.7 Å². The van der Waals surface area contributed by atoms with Gasteiger partial charge in [0.05, 0.1) is 13.3 Å². The summed E-state index contributed by atoms with van der Waals surface area (Å²) in [4.78, 5) is 2.28. The summed E-state index contributed by atoms with van der Waals surface area (Å²) in [5.41, 5.74) is 0.725. The summed E-state index contributed by atoms with van der Waals surface area (Å²) >= 11 is 0. The van der Waals surface area contributed by atoms with Gasteiger partial charge >= 0.3 is 0 Å². The van der Waals surface area contributed by atoms with Crippen molar-refractivity contribution in [3.05, 3.63) is 23.8 Å². The Morgan fingerprint density at radius 1 is 1.32 bits per heavy atom. The highest BCUT2D eigenvalue weighted by atomic mass is 16.5. The molecule has 0 aliphatic heterocycles. The van der Waals surface area contributed by atoms with Crippen molar-refractivity contribution in [1.82, 2.24) is 4.90 Å². The molecule has 1 aromatic carbocycles. The number of ether oxygens (including phenoxy) is 2. The molecule has 0 unspecified atom stereocenters. The molecule has 1 rings (SSSR count). The van der Waals surface area contributed by atoms with Crippen LogP contribution in [0.5, 0.6) is 11.5 Å². The summed E-state index contributed by atoms with van der Waals surface area (Å²) in [5, 5.41) is 11.7. The van der Waals surface area contributed by atoms with Gasteiger partial charge in [-0.3, -0.25) is 0 Å². The third kappa shape index (κ3) is 4.79. The van der Waals surface area contributed by atoms with Gasteiger partial charge in [0.25, 0.3) is 0 Å². The molecule has 0 aliphatic carbocycles. The van der Waals surface area contributed by atoms with Crippen LogP contribution in [0.2, 0.25) is 0 Å². The fourth-order valence-electron chi connectivity index (χ4n) is 1.76. The summed E-state index contributed by atoms with van der Waals surface area (Å²) in [6.45, 7) is 7.70. The maximum Gasteiger partial charge on any atom is 0.131 e. The standard InChI is InChI=1S/C14H22N2O3/c1-4-16(5-2)8-9-19-14-10-13(18-3)7-6-12(14)11-15-17/h6-7,10-11,17H,4-5,8-9H2,1-3H3. The number of benzene rings is 1. The molecule has 0 aromatic heterocycles. The molecule has 5 heteroatoms. The highest BCUT2D eigenvalue weighted by molar-refractivity contribution is 5.83. The van der Waals surface area contributed by atoms with Crippen LogP contribution < -0.4 is 9.47 Å². The van der Waals surface area contributed by atoms with E-state index >= 15 is 0 Å². The van der Waals surface area contributed by atoms with E-state index in [0.717, 1.165) is 25.2 Å². The minimum Gasteiger partial charge on any atom is -0.497 e. The van der Waals surface area contributed by atoms with E-state index in [9.17, 15) is 0 Å². The van der Waals surface area contributed by atoms with Gasteiger partial charge in [-0.2, -0.15) is 0 Å². The Labute approximate surface area is 114 Å². The van der Waals surface area contributed by atoms with E-state index in [1.807, 2.05) is 0 Å². The number of methoxy groups -OCH3 is 1. The summed E-state index contributed by atoms with van der Waals surface area (Å²) in [7, 11) is 1.61. The van der Waals surface area contributed by atoms with Crippen LogP contribution in [-0.4, -0.2) is 49.7 Å². The van der Waals surface area contributed by atoms with Gasteiger partial charge in [-0.25, -0.2) is 0 Å². The molecule has 0 bridgehead atoms. The minimum atomic E-state index is 0.584. The first-order chi connectivity index (χ1) is 9.24. The average Bonchev–Trinajstić information content (AvgIpc) is 2.45. The maximum absolute atomic E-state index is 8.63. The van der Waals surface area contributed by atoms with Crippen LogP contribution in [0.1, 0.15) is 19.4 Å². The topological polar surface area (TPSA) is 54.3 Å². The number of oxime groups is 1. The fraction of sp³-hybridized carbons (Fsp3) is 0.500. The van der Waals surface area contributed by atoms with E-state index in [-0.39, 0.29) is 0 Å². The number of hydrogen-bond donors (Lipinski definition) is 1. The van der Waals surface area contributed by atoms with Crippen molar-refractivity contribution >= 4 is 6.21 Å². The largest absolute Gasteiger partial charge is 0.497 e. The van der Waals surface area contributed by atoms with E-state index < -0.39 is 0 Å². The molecule has 106 valence electrons. The van der Waals surface area contributed by atoms with Crippen LogP contribution in [-0.2, 0) is 0 Å². The molecule has 0 fully saturated rings. The Balaban J connectivity index is 2.69. The molecule has 0 aliphatic rings. The van der Waals surface area contributed by atoms with Crippen molar-refractivity contribution in [1.29, 1.82) is 0 Å². The maximum atomic E-state index is 8.63. The Morgan fingerprint density at radius 3 is 2.63 bits per heavy atom. The van der Waals surface area contributed by atoms with Gasteiger partial charge in [-0.05, 0) is 25.2 Å². The molecule has 0 atom stereocenters. The summed E-state index contributed by atoms with van der Waals surface area (Å²) in [6.07, 6.45) is 1.35. The Hall–Kier alpha value is -1.75. The van der Waals surface area contributed by atoms with Crippen molar-refractivity contribution in [2.45, 2.75) is 13.8 Å². The Bertz CT molecular complexity index is 404. The predicted molar refractivity (Wildman–Crippen MR) is 75.7 cm³/mol. The lowest BCUT2D eigenvalue weighted by Crippen LogP contribution is -2.28. The number of nitrogens with zero attached hydrogens (tertiary/aromatic N) is 2. The first-order valence-electron chi connectivity index (χ1n) is 6.45. The van der Waals surface area contributed by atoms with E-state index in [0.29, 0.717) is 18.1 Å². The van der Waals surface area contributed by atoms with Crippen molar-refractivity contribution in [2.75, 3.05) is 33.4 Å². The van der Waals surface area contributed by atoms with Gasteiger partial charge in [0.2, 0.25) is 0 Å². The van der Waals surface area contributed by atoms with E-state index in [4.69, 9.17) is 14.7 Å². The molecule has 0 heterocycles. The monoisotopic (exact) mass is 266 g/mol. The van der Waals surface area contributed by atoms with E-state index in [1.165, 1.54) is 6.21 Å². The quantitative estimate of drug-likeness (QED) is 0.445. The highest BCUT2D eigenvalue weighted by Gasteiger charge is 2.06. The van der Waals surface area contributed by atoms with Crippen molar-refractivity contribution in [2.24, 2.45) is 5.16 Å². The van der Waals surface area contributed by atoms with E-state index in [2.05, 4.69) is 23.9 Å². The van der Waals surface area contributed by atoms with Crippen LogP contribution in [0.3, 0.4) is 0 Å². The van der Waals surface area contributed by atoms with Gasteiger partial charge in [-0.15, -0.1) is 0 Å². The number of hydrogen-bond acceptors (Lipinski definition) is 5. The van der Waals surface area contributed by atoms with Crippen LogP contribution >= 0.6 is 0 Å². The van der Waals surface area contributed by atoms with E-state index in [1.54, 1.807) is 25.3 Å². The first kappa shape index (κ1) is 15.3. The molecular weight excluding hydrogens is 244 g/mol. The number of likely N-dealkylation sites (N-methyl/N-ethyl adjacent to an activating group) is 1. The van der Waals surface area contributed by atoms with Crippen LogP contribution in [0.4, 0.5) is 0 Å². The fourth-order valence-corrected chi connectivity index (χ4v) is 1.76. The van der Waals surface area contributed by atoms with Gasteiger partial charge in [0.1, 0.15) is 18.1 Å².